The first-order chi connectivity index (χ1) is 8.74. The molecule has 0 fully saturated rings. The standard InChI is InChI=1S/C15H20N2O2/c1-11-6-8-12(9-7-11)13(10-16)17(5)14(18)19-15(2,3)4/h6-9,13H,1-5H3. The van der Waals surface area contributed by atoms with Gasteiger partial charge in [0.1, 0.15) is 11.6 Å². The van der Waals surface area contributed by atoms with Crippen molar-refractivity contribution in [2.24, 2.45) is 0 Å². The summed E-state index contributed by atoms with van der Waals surface area (Å²) in [5.41, 5.74) is 1.32. The highest BCUT2D eigenvalue weighted by Crippen LogP contribution is 2.21. The number of nitriles is 1. The first kappa shape index (κ1) is 15.0. The molecule has 0 spiro atoms. The molecular weight excluding hydrogens is 240 g/mol. The van der Waals surface area contributed by atoms with E-state index in [1.165, 1.54) is 4.90 Å². The second-order valence-corrected chi connectivity index (χ2v) is 5.53. The molecule has 1 unspecified atom stereocenters. The van der Waals surface area contributed by atoms with E-state index in [-0.39, 0.29) is 0 Å². The van der Waals surface area contributed by atoms with Crippen LogP contribution in [0, 0.1) is 18.3 Å². The lowest BCUT2D eigenvalue weighted by atomic mass is 10.1. The Kier molecular flexibility index (Phi) is 4.55. The van der Waals surface area contributed by atoms with Crippen LogP contribution in [0.5, 0.6) is 0 Å². The van der Waals surface area contributed by atoms with Gasteiger partial charge in [0, 0.05) is 7.05 Å². The van der Waals surface area contributed by atoms with E-state index in [1.54, 1.807) is 27.8 Å². The van der Waals surface area contributed by atoms with Crippen LogP contribution in [0.1, 0.15) is 37.9 Å². The number of benzene rings is 1. The van der Waals surface area contributed by atoms with E-state index in [9.17, 15) is 10.1 Å². The molecule has 0 saturated heterocycles. The highest BCUT2D eigenvalue weighted by atomic mass is 16.6. The van der Waals surface area contributed by atoms with Crippen LogP contribution in [0.4, 0.5) is 4.79 Å². The monoisotopic (exact) mass is 260 g/mol. The highest BCUT2D eigenvalue weighted by molar-refractivity contribution is 5.69. The molecule has 1 aromatic rings. The van der Waals surface area contributed by atoms with Gasteiger partial charge in [-0.3, -0.25) is 4.90 Å². The fraction of sp³-hybridized carbons (Fsp3) is 0.467. The first-order valence-electron chi connectivity index (χ1n) is 6.16. The van der Waals surface area contributed by atoms with E-state index in [0.29, 0.717) is 0 Å². The van der Waals surface area contributed by atoms with Gasteiger partial charge in [-0.1, -0.05) is 29.8 Å². The predicted octanol–water partition coefficient (Wildman–Crippen LogP) is 3.43. The molecule has 0 N–H and O–H groups in total. The Hall–Kier alpha value is -2.02. The van der Waals surface area contributed by atoms with E-state index >= 15 is 0 Å². The van der Waals surface area contributed by atoms with Crippen molar-refractivity contribution in [1.82, 2.24) is 4.90 Å². The molecule has 4 heteroatoms. The molecule has 1 atom stereocenters. The fourth-order valence-electron chi connectivity index (χ4n) is 1.57. The third-order valence-corrected chi connectivity index (χ3v) is 2.58. The number of hydrogen-bond acceptors (Lipinski definition) is 3. The largest absolute Gasteiger partial charge is 0.444 e. The average molecular weight is 260 g/mol. The molecule has 0 aliphatic rings. The average Bonchev–Trinajstić information content (AvgIpc) is 2.30. The van der Waals surface area contributed by atoms with Gasteiger partial charge in [0.05, 0.1) is 6.07 Å². The number of ether oxygens (including phenoxy) is 1. The number of amides is 1. The van der Waals surface area contributed by atoms with Crippen LogP contribution in [0.15, 0.2) is 24.3 Å². The summed E-state index contributed by atoms with van der Waals surface area (Å²) in [4.78, 5) is 13.3. The summed E-state index contributed by atoms with van der Waals surface area (Å²) in [6, 6.07) is 9.03. The summed E-state index contributed by atoms with van der Waals surface area (Å²) in [6.07, 6.45) is -0.500. The van der Waals surface area contributed by atoms with Gasteiger partial charge < -0.3 is 4.74 Å². The molecule has 1 rings (SSSR count). The van der Waals surface area contributed by atoms with Crippen molar-refractivity contribution < 1.29 is 9.53 Å². The zero-order valence-electron chi connectivity index (χ0n) is 12.1. The number of carbonyl (C=O) groups is 1. The minimum atomic E-state index is -0.643. The molecule has 102 valence electrons. The van der Waals surface area contributed by atoms with Gasteiger partial charge in [-0.05, 0) is 33.3 Å². The molecule has 19 heavy (non-hydrogen) atoms. The van der Waals surface area contributed by atoms with Gasteiger partial charge in [0.25, 0.3) is 0 Å². The van der Waals surface area contributed by atoms with E-state index in [2.05, 4.69) is 6.07 Å². The Labute approximate surface area is 114 Å². The molecule has 0 heterocycles. The van der Waals surface area contributed by atoms with Gasteiger partial charge in [0.15, 0.2) is 0 Å². The van der Waals surface area contributed by atoms with Crippen LogP contribution in [0.25, 0.3) is 0 Å². The van der Waals surface area contributed by atoms with Crippen LogP contribution < -0.4 is 0 Å². The summed E-state index contributed by atoms with van der Waals surface area (Å²) in [7, 11) is 1.57. The minimum Gasteiger partial charge on any atom is -0.444 e. The second kappa shape index (κ2) is 5.75. The summed E-state index contributed by atoms with van der Waals surface area (Å²) < 4.78 is 5.26. The molecular formula is C15H20N2O2. The van der Waals surface area contributed by atoms with Crippen LogP contribution >= 0.6 is 0 Å². The summed E-state index contributed by atoms with van der Waals surface area (Å²) in [6.45, 7) is 7.37. The Bertz CT molecular complexity index is 480. The maximum atomic E-state index is 12.0. The lowest BCUT2D eigenvalue weighted by molar-refractivity contribution is 0.0258. The van der Waals surface area contributed by atoms with Crippen molar-refractivity contribution in [2.75, 3.05) is 7.05 Å². The topological polar surface area (TPSA) is 53.3 Å². The Balaban J connectivity index is 2.89. The third kappa shape index (κ3) is 4.29. The van der Waals surface area contributed by atoms with Gasteiger partial charge in [-0.2, -0.15) is 5.26 Å². The highest BCUT2D eigenvalue weighted by Gasteiger charge is 2.26. The smallest absolute Gasteiger partial charge is 0.411 e. The molecule has 1 aromatic carbocycles. The maximum absolute atomic E-state index is 12.0. The summed E-state index contributed by atoms with van der Waals surface area (Å²) >= 11 is 0. The van der Waals surface area contributed by atoms with Gasteiger partial charge >= 0.3 is 6.09 Å². The van der Waals surface area contributed by atoms with Crippen LogP contribution in [0.2, 0.25) is 0 Å². The van der Waals surface area contributed by atoms with E-state index in [4.69, 9.17) is 4.74 Å². The molecule has 0 bridgehead atoms. The summed E-state index contributed by atoms with van der Waals surface area (Å²) in [5.74, 6) is 0. The molecule has 1 amide bonds. The normalized spacial score (nSPS) is 12.4. The predicted molar refractivity (Wildman–Crippen MR) is 73.5 cm³/mol. The number of rotatable bonds is 2. The van der Waals surface area contributed by atoms with E-state index in [0.717, 1.165) is 11.1 Å². The molecule has 0 aliphatic heterocycles. The van der Waals surface area contributed by atoms with Gasteiger partial charge in [0.2, 0.25) is 0 Å². The van der Waals surface area contributed by atoms with Crippen LogP contribution in [0.3, 0.4) is 0 Å². The molecule has 0 radical (unpaired) electrons. The zero-order chi connectivity index (χ0) is 14.6. The minimum absolute atomic E-state index is 0.500. The van der Waals surface area contributed by atoms with Gasteiger partial charge in [-0.25, -0.2) is 4.79 Å². The Morgan fingerprint density at radius 1 is 1.32 bits per heavy atom. The third-order valence-electron chi connectivity index (χ3n) is 2.58. The van der Waals surface area contributed by atoms with Crippen molar-refractivity contribution in [2.45, 2.75) is 39.3 Å². The number of hydrogen-bond donors (Lipinski definition) is 0. The quantitative estimate of drug-likeness (QED) is 0.818. The second-order valence-electron chi connectivity index (χ2n) is 5.53. The number of carbonyl (C=O) groups excluding carboxylic acids is 1. The molecule has 4 nitrogen and oxygen atoms in total. The van der Waals surface area contributed by atoms with Crippen molar-refractivity contribution in [1.29, 1.82) is 5.26 Å². The van der Waals surface area contributed by atoms with Gasteiger partial charge in [-0.15, -0.1) is 0 Å². The SMILES string of the molecule is Cc1ccc(C(C#N)N(C)C(=O)OC(C)(C)C)cc1. The zero-order valence-corrected chi connectivity index (χ0v) is 12.1. The summed E-state index contributed by atoms with van der Waals surface area (Å²) in [5, 5.41) is 9.27. The number of nitrogens with zero attached hydrogens (tertiary/aromatic N) is 2. The molecule has 0 aliphatic carbocycles. The van der Waals surface area contributed by atoms with E-state index < -0.39 is 17.7 Å². The lowest BCUT2D eigenvalue weighted by Gasteiger charge is -2.27. The van der Waals surface area contributed by atoms with Crippen molar-refractivity contribution in [3.63, 3.8) is 0 Å². The van der Waals surface area contributed by atoms with Crippen molar-refractivity contribution in [3.05, 3.63) is 35.4 Å². The van der Waals surface area contributed by atoms with Crippen LogP contribution in [-0.2, 0) is 4.74 Å². The van der Waals surface area contributed by atoms with Crippen LogP contribution in [-0.4, -0.2) is 23.6 Å². The molecule has 0 aromatic heterocycles. The van der Waals surface area contributed by atoms with Crippen molar-refractivity contribution >= 4 is 6.09 Å². The first-order valence-corrected chi connectivity index (χ1v) is 6.16. The Morgan fingerprint density at radius 2 is 1.84 bits per heavy atom. The Morgan fingerprint density at radius 3 is 2.26 bits per heavy atom. The van der Waals surface area contributed by atoms with Crippen molar-refractivity contribution in [3.8, 4) is 6.07 Å². The molecule has 0 saturated carbocycles. The maximum Gasteiger partial charge on any atom is 0.411 e. The lowest BCUT2D eigenvalue weighted by Crippen LogP contribution is -2.36. The fourth-order valence-corrected chi connectivity index (χ4v) is 1.57. The number of aryl methyl sites for hydroxylation is 1. The van der Waals surface area contributed by atoms with E-state index in [1.807, 2.05) is 31.2 Å².